The second-order valence-corrected chi connectivity index (χ2v) is 4.90. The average Bonchev–Trinajstić information content (AvgIpc) is 2.37. The summed E-state index contributed by atoms with van der Waals surface area (Å²) in [5, 5.41) is 5.61. The fourth-order valence-corrected chi connectivity index (χ4v) is 1.74. The molecule has 0 radical (unpaired) electrons. The number of alkyl halides is 1. The summed E-state index contributed by atoms with van der Waals surface area (Å²) in [5.74, 6) is -0.121. The molecular formula is C14H19ClN2O2. The number of nitrogens with one attached hydrogen (secondary N) is 2. The number of anilines is 1. The molecule has 0 bridgehead atoms. The molecule has 2 amide bonds. The molecule has 1 rings (SSSR count). The number of hydrogen-bond acceptors (Lipinski definition) is 2. The highest BCUT2D eigenvalue weighted by molar-refractivity contribution is 6.19. The van der Waals surface area contributed by atoms with Crippen LogP contribution in [0.4, 0.5) is 5.69 Å². The lowest BCUT2D eigenvalue weighted by Gasteiger charge is -2.17. The first-order valence-electron chi connectivity index (χ1n) is 6.18. The minimum Gasteiger partial charge on any atom is -0.349 e. The first-order valence-corrected chi connectivity index (χ1v) is 6.71. The van der Waals surface area contributed by atoms with E-state index < -0.39 is 0 Å². The molecule has 0 aliphatic rings. The van der Waals surface area contributed by atoms with E-state index in [1.54, 1.807) is 13.0 Å². The van der Waals surface area contributed by atoms with Crippen LogP contribution in [0, 0.1) is 5.92 Å². The molecule has 0 aliphatic carbocycles. The zero-order valence-corrected chi connectivity index (χ0v) is 12.1. The van der Waals surface area contributed by atoms with E-state index in [0.29, 0.717) is 5.88 Å². The molecule has 0 saturated carbocycles. The molecular weight excluding hydrogens is 264 g/mol. The zero-order valence-electron chi connectivity index (χ0n) is 11.4. The normalized spacial score (nSPS) is 13.5. The van der Waals surface area contributed by atoms with Crippen molar-refractivity contribution < 1.29 is 9.59 Å². The Bertz CT molecular complexity index is 463. The van der Waals surface area contributed by atoms with E-state index in [4.69, 9.17) is 11.6 Å². The molecule has 0 spiro atoms. The van der Waals surface area contributed by atoms with Gasteiger partial charge in [0, 0.05) is 24.4 Å². The Labute approximate surface area is 118 Å². The SMILES string of the molecule is CC(=O)Nc1cccc(C(C)NC(=O)C(C)CCl)c1. The van der Waals surface area contributed by atoms with Gasteiger partial charge in [-0.05, 0) is 24.6 Å². The van der Waals surface area contributed by atoms with Crippen molar-refractivity contribution >= 4 is 29.1 Å². The molecule has 0 aromatic heterocycles. The number of halogens is 1. The van der Waals surface area contributed by atoms with Crippen molar-refractivity contribution in [3.63, 3.8) is 0 Å². The highest BCUT2D eigenvalue weighted by atomic mass is 35.5. The fourth-order valence-electron chi connectivity index (χ4n) is 1.60. The van der Waals surface area contributed by atoms with E-state index in [0.717, 1.165) is 11.3 Å². The van der Waals surface area contributed by atoms with Crippen molar-refractivity contribution in [2.45, 2.75) is 26.8 Å². The van der Waals surface area contributed by atoms with Crippen LogP contribution in [0.5, 0.6) is 0 Å². The van der Waals surface area contributed by atoms with Crippen molar-refractivity contribution in [3.8, 4) is 0 Å². The number of carbonyl (C=O) groups is 2. The van der Waals surface area contributed by atoms with Crippen LogP contribution in [0.15, 0.2) is 24.3 Å². The van der Waals surface area contributed by atoms with Crippen molar-refractivity contribution in [2.24, 2.45) is 5.92 Å². The van der Waals surface area contributed by atoms with Crippen molar-refractivity contribution in [1.82, 2.24) is 5.32 Å². The van der Waals surface area contributed by atoms with Crippen LogP contribution in [0.25, 0.3) is 0 Å². The maximum absolute atomic E-state index is 11.8. The third kappa shape index (κ3) is 4.91. The van der Waals surface area contributed by atoms with E-state index in [9.17, 15) is 9.59 Å². The summed E-state index contributed by atoms with van der Waals surface area (Å²) >= 11 is 5.65. The minimum atomic E-state index is -0.220. The second-order valence-electron chi connectivity index (χ2n) is 4.59. The summed E-state index contributed by atoms with van der Waals surface area (Å²) in [7, 11) is 0. The maximum atomic E-state index is 11.8. The van der Waals surface area contributed by atoms with Crippen LogP contribution in [0.1, 0.15) is 32.4 Å². The van der Waals surface area contributed by atoms with Gasteiger partial charge in [0.15, 0.2) is 0 Å². The van der Waals surface area contributed by atoms with E-state index in [-0.39, 0.29) is 23.8 Å². The second kappa shape index (κ2) is 7.14. The molecule has 4 nitrogen and oxygen atoms in total. The van der Waals surface area contributed by atoms with Crippen molar-refractivity contribution in [2.75, 3.05) is 11.2 Å². The number of benzene rings is 1. The summed E-state index contributed by atoms with van der Waals surface area (Å²) < 4.78 is 0. The molecule has 2 N–H and O–H groups in total. The third-order valence-corrected chi connectivity index (χ3v) is 3.21. The van der Waals surface area contributed by atoms with Gasteiger partial charge in [0.25, 0.3) is 0 Å². The van der Waals surface area contributed by atoms with Gasteiger partial charge in [-0.25, -0.2) is 0 Å². The predicted octanol–water partition coefficient (Wildman–Crippen LogP) is 2.70. The lowest BCUT2D eigenvalue weighted by Crippen LogP contribution is -2.32. The molecule has 0 aliphatic heterocycles. The van der Waals surface area contributed by atoms with Gasteiger partial charge < -0.3 is 10.6 Å². The van der Waals surface area contributed by atoms with Crippen molar-refractivity contribution in [1.29, 1.82) is 0 Å². The summed E-state index contributed by atoms with van der Waals surface area (Å²) in [5.41, 5.74) is 1.65. The average molecular weight is 283 g/mol. The van der Waals surface area contributed by atoms with Gasteiger partial charge in [-0.3, -0.25) is 9.59 Å². The molecule has 1 aromatic carbocycles. The van der Waals surface area contributed by atoms with E-state index >= 15 is 0 Å². The summed E-state index contributed by atoms with van der Waals surface area (Å²) in [6, 6.07) is 7.26. The summed E-state index contributed by atoms with van der Waals surface area (Å²) in [6.45, 7) is 5.13. The van der Waals surface area contributed by atoms with Gasteiger partial charge in [-0.1, -0.05) is 19.1 Å². The molecule has 0 heterocycles. The van der Waals surface area contributed by atoms with Gasteiger partial charge in [-0.2, -0.15) is 0 Å². The zero-order chi connectivity index (χ0) is 14.4. The molecule has 1 aromatic rings. The van der Waals surface area contributed by atoms with Crippen LogP contribution in [-0.4, -0.2) is 17.7 Å². The molecule has 0 saturated heterocycles. The molecule has 2 unspecified atom stereocenters. The Morgan fingerprint density at radius 1 is 1.32 bits per heavy atom. The van der Waals surface area contributed by atoms with Gasteiger partial charge in [0.05, 0.1) is 6.04 Å². The lowest BCUT2D eigenvalue weighted by molar-refractivity contribution is -0.124. The lowest BCUT2D eigenvalue weighted by atomic mass is 10.1. The van der Waals surface area contributed by atoms with Crippen LogP contribution < -0.4 is 10.6 Å². The monoisotopic (exact) mass is 282 g/mol. The van der Waals surface area contributed by atoms with Gasteiger partial charge in [-0.15, -0.1) is 11.6 Å². The Morgan fingerprint density at radius 2 is 2.00 bits per heavy atom. The number of carbonyl (C=O) groups excluding carboxylic acids is 2. The van der Waals surface area contributed by atoms with Crippen LogP contribution in [-0.2, 0) is 9.59 Å². The topological polar surface area (TPSA) is 58.2 Å². The predicted molar refractivity (Wildman–Crippen MR) is 77.2 cm³/mol. The van der Waals surface area contributed by atoms with Crippen LogP contribution in [0.3, 0.4) is 0 Å². The van der Waals surface area contributed by atoms with E-state index in [2.05, 4.69) is 10.6 Å². The highest BCUT2D eigenvalue weighted by Gasteiger charge is 2.15. The number of amides is 2. The maximum Gasteiger partial charge on any atom is 0.224 e. The third-order valence-electron chi connectivity index (χ3n) is 2.74. The smallest absolute Gasteiger partial charge is 0.224 e. The first kappa shape index (κ1) is 15.5. The fraction of sp³-hybridized carbons (Fsp3) is 0.429. The molecule has 5 heteroatoms. The van der Waals surface area contributed by atoms with E-state index in [1.807, 2.05) is 25.1 Å². The van der Waals surface area contributed by atoms with Gasteiger partial charge >= 0.3 is 0 Å². The Hall–Kier alpha value is -1.55. The molecule has 0 fully saturated rings. The minimum absolute atomic E-state index is 0.0765. The molecule has 19 heavy (non-hydrogen) atoms. The van der Waals surface area contributed by atoms with Gasteiger partial charge in [0.1, 0.15) is 0 Å². The van der Waals surface area contributed by atoms with Gasteiger partial charge in [0.2, 0.25) is 11.8 Å². The largest absolute Gasteiger partial charge is 0.349 e. The van der Waals surface area contributed by atoms with Crippen LogP contribution >= 0.6 is 11.6 Å². The Morgan fingerprint density at radius 3 is 2.58 bits per heavy atom. The summed E-state index contributed by atoms with van der Waals surface area (Å²) in [4.78, 5) is 22.8. The Kier molecular flexibility index (Phi) is 5.83. The standard InChI is InChI=1S/C14H19ClN2O2/c1-9(8-15)14(19)16-10(2)12-5-4-6-13(7-12)17-11(3)18/h4-7,9-10H,8H2,1-3H3,(H,16,19)(H,17,18). The number of rotatable bonds is 5. The van der Waals surface area contributed by atoms with Crippen LogP contribution in [0.2, 0.25) is 0 Å². The van der Waals surface area contributed by atoms with Crippen molar-refractivity contribution in [3.05, 3.63) is 29.8 Å². The highest BCUT2D eigenvalue weighted by Crippen LogP contribution is 2.18. The molecule has 2 atom stereocenters. The summed E-state index contributed by atoms with van der Waals surface area (Å²) in [6.07, 6.45) is 0. The first-order chi connectivity index (χ1) is 8.93. The molecule has 104 valence electrons. The van der Waals surface area contributed by atoms with E-state index in [1.165, 1.54) is 6.92 Å². The quantitative estimate of drug-likeness (QED) is 0.816. The Balaban J connectivity index is 2.74. The number of hydrogen-bond donors (Lipinski definition) is 2.